The summed E-state index contributed by atoms with van der Waals surface area (Å²) < 4.78 is 0. The van der Waals surface area contributed by atoms with Crippen LogP contribution in [0.15, 0.2) is 42.5 Å². The maximum atomic E-state index is 13.6. The van der Waals surface area contributed by atoms with Crippen molar-refractivity contribution in [2.45, 2.75) is 71.3 Å². The Morgan fingerprint density at radius 1 is 0.909 bits per heavy atom. The van der Waals surface area contributed by atoms with Crippen molar-refractivity contribution in [2.75, 3.05) is 5.32 Å². The SMILES string of the molecule is C[C@]12CCC(=O)N[C@@H]1CC[C@@H]1[C@@H]2CC[C@]2(C)[C@@H](C(=O)Nc3cccc4ccccc34)CC[C@@H]12. The third-order valence-corrected chi connectivity index (χ3v) is 10.5. The Morgan fingerprint density at radius 2 is 1.70 bits per heavy atom. The summed E-state index contributed by atoms with van der Waals surface area (Å²) in [5, 5.41) is 8.93. The second-order valence-electron chi connectivity index (χ2n) is 11.8. The van der Waals surface area contributed by atoms with Crippen LogP contribution in [0.1, 0.15) is 65.2 Å². The van der Waals surface area contributed by atoms with E-state index in [4.69, 9.17) is 0 Å². The molecule has 7 atom stereocenters. The van der Waals surface area contributed by atoms with E-state index in [2.05, 4.69) is 42.7 Å². The molecule has 4 heteroatoms. The first-order valence-electron chi connectivity index (χ1n) is 13.0. The van der Waals surface area contributed by atoms with E-state index in [1.807, 2.05) is 24.3 Å². The quantitative estimate of drug-likeness (QED) is 0.604. The first-order valence-corrected chi connectivity index (χ1v) is 13.0. The maximum Gasteiger partial charge on any atom is 0.228 e. The number of fused-ring (bicyclic) bond motifs is 6. The van der Waals surface area contributed by atoms with Gasteiger partial charge in [0, 0.05) is 29.5 Å². The number of carbonyl (C=O) groups is 2. The van der Waals surface area contributed by atoms with E-state index in [0.29, 0.717) is 30.2 Å². The van der Waals surface area contributed by atoms with Crippen LogP contribution in [0, 0.1) is 34.5 Å². The lowest BCUT2D eigenvalue weighted by molar-refractivity contribution is -0.140. The molecule has 2 aromatic carbocycles. The van der Waals surface area contributed by atoms with Gasteiger partial charge in [0.05, 0.1) is 0 Å². The highest BCUT2D eigenvalue weighted by Crippen LogP contribution is 2.65. The molecule has 0 spiro atoms. The maximum absolute atomic E-state index is 13.6. The van der Waals surface area contributed by atoms with Gasteiger partial charge >= 0.3 is 0 Å². The van der Waals surface area contributed by atoms with Crippen LogP contribution in [0.25, 0.3) is 10.8 Å². The lowest BCUT2D eigenvalue weighted by atomic mass is 9.47. The van der Waals surface area contributed by atoms with E-state index in [0.717, 1.165) is 42.1 Å². The minimum atomic E-state index is 0.0803. The van der Waals surface area contributed by atoms with E-state index in [-0.39, 0.29) is 28.6 Å². The van der Waals surface area contributed by atoms with Crippen molar-refractivity contribution in [1.29, 1.82) is 0 Å². The molecule has 0 unspecified atom stereocenters. The summed E-state index contributed by atoms with van der Waals surface area (Å²) in [6.45, 7) is 4.85. The van der Waals surface area contributed by atoms with Gasteiger partial charge in [0.1, 0.15) is 0 Å². The molecule has 2 amide bonds. The van der Waals surface area contributed by atoms with Gasteiger partial charge in [0.25, 0.3) is 0 Å². The van der Waals surface area contributed by atoms with Crippen LogP contribution in [0.2, 0.25) is 0 Å². The molecule has 3 saturated carbocycles. The van der Waals surface area contributed by atoms with Gasteiger partial charge in [-0.05, 0) is 85.0 Å². The highest BCUT2D eigenvalue weighted by Gasteiger charge is 2.61. The first-order chi connectivity index (χ1) is 15.9. The van der Waals surface area contributed by atoms with Crippen LogP contribution in [0.3, 0.4) is 0 Å². The van der Waals surface area contributed by atoms with Gasteiger partial charge in [-0.25, -0.2) is 0 Å². The monoisotopic (exact) mass is 444 g/mol. The van der Waals surface area contributed by atoms with Crippen molar-refractivity contribution < 1.29 is 9.59 Å². The van der Waals surface area contributed by atoms with Crippen molar-refractivity contribution in [3.8, 4) is 0 Å². The fourth-order valence-corrected chi connectivity index (χ4v) is 8.69. The zero-order chi connectivity index (χ0) is 22.8. The molecule has 0 aromatic heterocycles. The molecule has 4 nitrogen and oxygen atoms in total. The number of benzene rings is 2. The van der Waals surface area contributed by atoms with Crippen LogP contribution in [0.5, 0.6) is 0 Å². The van der Waals surface area contributed by atoms with Gasteiger partial charge in [0.15, 0.2) is 0 Å². The smallest absolute Gasteiger partial charge is 0.228 e. The van der Waals surface area contributed by atoms with Crippen molar-refractivity contribution in [1.82, 2.24) is 5.32 Å². The minimum absolute atomic E-state index is 0.0803. The molecule has 0 radical (unpaired) electrons. The number of anilines is 1. The Kier molecular flexibility index (Phi) is 4.87. The van der Waals surface area contributed by atoms with Crippen molar-refractivity contribution in [3.05, 3.63) is 42.5 Å². The molecule has 1 saturated heterocycles. The largest absolute Gasteiger partial charge is 0.353 e. The van der Waals surface area contributed by atoms with Gasteiger partial charge in [-0.1, -0.05) is 50.2 Å². The van der Waals surface area contributed by atoms with E-state index >= 15 is 0 Å². The predicted molar refractivity (Wildman–Crippen MR) is 132 cm³/mol. The summed E-state index contributed by atoms with van der Waals surface area (Å²) in [6, 6.07) is 14.8. The molecule has 2 aromatic rings. The summed E-state index contributed by atoms with van der Waals surface area (Å²) in [5.41, 5.74) is 1.24. The number of carbonyl (C=O) groups excluding carboxylic acids is 2. The second kappa shape index (κ2) is 7.58. The van der Waals surface area contributed by atoms with Crippen LogP contribution >= 0.6 is 0 Å². The van der Waals surface area contributed by atoms with Crippen LogP contribution in [0.4, 0.5) is 5.69 Å². The molecular weight excluding hydrogens is 408 g/mol. The lowest BCUT2D eigenvalue weighted by Crippen LogP contribution is -2.61. The minimum Gasteiger partial charge on any atom is -0.353 e. The fraction of sp³-hybridized carbons (Fsp3) is 0.586. The highest BCUT2D eigenvalue weighted by atomic mass is 16.2. The van der Waals surface area contributed by atoms with Crippen LogP contribution < -0.4 is 10.6 Å². The van der Waals surface area contributed by atoms with Gasteiger partial charge in [0.2, 0.25) is 11.8 Å². The molecule has 2 N–H and O–H groups in total. The Bertz CT molecular complexity index is 1110. The van der Waals surface area contributed by atoms with E-state index < -0.39 is 0 Å². The van der Waals surface area contributed by atoms with E-state index in [1.54, 1.807) is 0 Å². The van der Waals surface area contributed by atoms with Gasteiger partial charge in [-0.15, -0.1) is 0 Å². The molecule has 1 heterocycles. The predicted octanol–water partition coefficient (Wildman–Crippen LogP) is 5.92. The fourth-order valence-electron chi connectivity index (χ4n) is 8.69. The normalized spacial score (nSPS) is 39.8. The number of rotatable bonds is 2. The van der Waals surface area contributed by atoms with Gasteiger partial charge < -0.3 is 10.6 Å². The third-order valence-electron chi connectivity index (χ3n) is 10.5. The Balaban J connectivity index is 1.24. The summed E-state index contributed by atoms with van der Waals surface area (Å²) >= 11 is 0. The van der Waals surface area contributed by atoms with Crippen LogP contribution in [-0.4, -0.2) is 17.9 Å². The van der Waals surface area contributed by atoms with Gasteiger partial charge in [-0.2, -0.15) is 0 Å². The summed E-state index contributed by atoms with van der Waals surface area (Å²) in [6.07, 6.45) is 8.48. The molecule has 3 aliphatic carbocycles. The summed E-state index contributed by atoms with van der Waals surface area (Å²) in [7, 11) is 0. The molecule has 0 bridgehead atoms. The number of amides is 2. The Labute approximate surface area is 196 Å². The molecule has 4 fully saturated rings. The van der Waals surface area contributed by atoms with E-state index in [1.165, 1.54) is 19.3 Å². The molecule has 33 heavy (non-hydrogen) atoms. The average molecular weight is 445 g/mol. The summed E-state index contributed by atoms with van der Waals surface area (Å²) in [5.74, 6) is 2.52. The highest BCUT2D eigenvalue weighted by molar-refractivity contribution is 6.03. The number of nitrogens with one attached hydrogen (secondary N) is 2. The Hall–Kier alpha value is -2.36. The average Bonchev–Trinajstić information content (AvgIpc) is 3.17. The molecule has 6 rings (SSSR count). The first kappa shape index (κ1) is 21.2. The second-order valence-corrected chi connectivity index (χ2v) is 11.8. The summed E-state index contributed by atoms with van der Waals surface area (Å²) in [4.78, 5) is 25.7. The zero-order valence-corrected chi connectivity index (χ0v) is 19.9. The number of hydrogen-bond acceptors (Lipinski definition) is 2. The molecule has 4 aliphatic rings. The van der Waals surface area contributed by atoms with Crippen molar-refractivity contribution >= 4 is 28.3 Å². The molecule has 174 valence electrons. The Morgan fingerprint density at radius 3 is 2.58 bits per heavy atom. The topological polar surface area (TPSA) is 58.2 Å². The van der Waals surface area contributed by atoms with Crippen molar-refractivity contribution in [2.24, 2.45) is 34.5 Å². The van der Waals surface area contributed by atoms with Crippen LogP contribution in [-0.2, 0) is 9.59 Å². The van der Waals surface area contributed by atoms with Crippen molar-refractivity contribution in [3.63, 3.8) is 0 Å². The lowest BCUT2D eigenvalue weighted by Gasteiger charge is -2.60. The van der Waals surface area contributed by atoms with Gasteiger partial charge in [-0.3, -0.25) is 9.59 Å². The molecule has 1 aliphatic heterocycles. The molecular formula is C29H36N2O2. The standard InChI is InChI=1S/C29H36N2O2/c1-28-16-14-22-20(10-13-25-29(22,2)17-15-26(32)31-25)21(28)11-12-23(28)27(33)30-24-9-5-7-18-6-3-4-8-19(18)24/h3-9,20-23,25H,10-17H2,1-2H3,(H,30,33)(H,31,32)/t20-,21-,22-,23+,25+,28-,29+/m0/s1. The van der Waals surface area contributed by atoms with E-state index in [9.17, 15) is 9.59 Å². The zero-order valence-electron chi connectivity index (χ0n) is 19.9. The number of piperidine rings is 1. The number of hydrogen-bond donors (Lipinski definition) is 2. The third kappa shape index (κ3) is 3.16.